The standard InChI is InChI=1S/Al.Bi.3ClH.3H/h;;3*1H;;;/q;+3;;;;;;/p-3. The third kappa shape index (κ3) is 22.1. The molecular weight excluding hydrogens is 342 g/mol. The van der Waals surface area contributed by atoms with Crippen molar-refractivity contribution in [2.75, 3.05) is 0 Å². The van der Waals surface area contributed by atoms with E-state index in [0.717, 1.165) is 0 Å². The fourth-order valence-electron chi connectivity index (χ4n) is 0. The Morgan fingerprint density at radius 3 is 1.00 bits per heavy atom. The van der Waals surface area contributed by atoms with Crippen LogP contribution in [0.3, 0.4) is 0 Å². The summed E-state index contributed by atoms with van der Waals surface area (Å²) >= 11 is -2.18. The summed E-state index contributed by atoms with van der Waals surface area (Å²) in [5.74, 6) is 0. The molecule has 0 aliphatic heterocycles. The van der Waals surface area contributed by atoms with Crippen molar-refractivity contribution in [1.29, 1.82) is 0 Å². The first kappa shape index (κ1) is 10.3. The first-order valence-electron chi connectivity index (χ1n) is 0.507. The SMILES string of the molecule is [AlH3].[Cl][Bi]([Cl])[Cl]. The van der Waals surface area contributed by atoms with Crippen molar-refractivity contribution in [3.63, 3.8) is 0 Å². The normalized spacial score (nSPS) is 7.20. The summed E-state index contributed by atoms with van der Waals surface area (Å²) in [5, 5.41) is 0. The van der Waals surface area contributed by atoms with Crippen LogP contribution in [0.25, 0.3) is 0 Å². The number of halogens is 3. The number of hydrogen-bond acceptors (Lipinski definition) is 0. The van der Waals surface area contributed by atoms with Gasteiger partial charge in [-0.15, -0.1) is 0 Å². The molecule has 0 aromatic heterocycles. The molecule has 0 bridgehead atoms. The summed E-state index contributed by atoms with van der Waals surface area (Å²) in [6.07, 6.45) is 0. The Bertz CT molecular complexity index is 11.6. The molecule has 5 heavy (non-hydrogen) atoms. The Morgan fingerprint density at radius 2 is 1.00 bits per heavy atom. The van der Waals surface area contributed by atoms with Gasteiger partial charge in [-0.3, -0.25) is 0 Å². The Hall–Kier alpha value is 2.29. The molecule has 0 atom stereocenters. The van der Waals surface area contributed by atoms with Gasteiger partial charge in [0.15, 0.2) is 17.4 Å². The van der Waals surface area contributed by atoms with E-state index in [9.17, 15) is 0 Å². The second-order valence-corrected chi connectivity index (χ2v) is 15.1. The summed E-state index contributed by atoms with van der Waals surface area (Å²) in [7, 11) is 15.0. The zero-order valence-corrected chi connectivity index (χ0v) is 7.33. The van der Waals surface area contributed by atoms with Gasteiger partial charge in [-0.25, -0.2) is 0 Å². The molecule has 0 saturated heterocycles. The van der Waals surface area contributed by atoms with Crippen molar-refractivity contribution in [2.24, 2.45) is 0 Å². The van der Waals surface area contributed by atoms with Crippen LogP contribution in [0.4, 0.5) is 0 Å². The minimum atomic E-state index is -2.18. The van der Waals surface area contributed by atoms with Crippen LogP contribution in [0.2, 0.25) is 0 Å². The van der Waals surface area contributed by atoms with Gasteiger partial charge in [0.25, 0.3) is 0 Å². The van der Waals surface area contributed by atoms with Crippen molar-refractivity contribution in [2.45, 2.75) is 0 Å². The number of rotatable bonds is 0. The van der Waals surface area contributed by atoms with Gasteiger partial charge in [-0.2, -0.15) is 0 Å². The number of hydrogen-bond donors (Lipinski definition) is 0. The van der Waals surface area contributed by atoms with Gasteiger partial charge >= 0.3 is 43.7 Å². The molecule has 0 spiro atoms. The van der Waals surface area contributed by atoms with E-state index < -0.39 is 18.2 Å². The van der Waals surface area contributed by atoms with Gasteiger partial charge in [-0.1, -0.05) is 0 Å². The van der Waals surface area contributed by atoms with E-state index in [1.165, 1.54) is 0 Å². The molecule has 0 nitrogen and oxygen atoms in total. The van der Waals surface area contributed by atoms with Crippen molar-refractivity contribution >= 4 is 61.1 Å². The maximum absolute atomic E-state index is 5.01. The summed E-state index contributed by atoms with van der Waals surface area (Å²) < 4.78 is 0. The van der Waals surface area contributed by atoms with Gasteiger partial charge in [0, 0.05) is 0 Å². The summed E-state index contributed by atoms with van der Waals surface area (Å²) in [6, 6.07) is 0. The van der Waals surface area contributed by atoms with Crippen LogP contribution in [0.5, 0.6) is 0 Å². The van der Waals surface area contributed by atoms with E-state index >= 15 is 0 Å². The molecule has 0 aromatic carbocycles. The van der Waals surface area contributed by atoms with Crippen LogP contribution in [-0.4, -0.2) is 35.5 Å². The predicted octanol–water partition coefficient (Wildman–Crippen LogP) is 0.504. The van der Waals surface area contributed by atoms with E-state index in [1.54, 1.807) is 0 Å². The molecule has 0 unspecified atom stereocenters. The molecule has 0 aliphatic carbocycles. The molecule has 0 saturated carbocycles. The third-order valence-corrected chi connectivity index (χ3v) is 0. The van der Waals surface area contributed by atoms with Gasteiger partial charge in [0.1, 0.15) is 0 Å². The quantitative estimate of drug-likeness (QED) is 0.561. The second-order valence-electron chi connectivity index (χ2n) is 0.192. The van der Waals surface area contributed by atoms with E-state index in [2.05, 4.69) is 0 Å². The van der Waals surface area contributed by atoms with Crippen LogP contribution >= 0.6 is 25.5 Å². The molecule has 0 fully saturated rings. The summed E-state index contributed by atoms with van der Waals surface area (Å²) in [6.45, 7) is 0. The first-order valence-corrected chi connectivity index (χ1v) is 13.3. The van der Waals surface area contributed by atoms with Gasteiger partial charge in [0.05, 0.1) is 0 Å². The predicted molar refractivity (Wildman–Crippen MR) is 33.3 cm³/mol. The zero-order chi connectivity index (χ0) is 3.58. The van der Waals surface area contributed by atoms with E-state index in [0.29, 0.717) is 0 Å². The minimum absolute atomic E-state index is 0. The van der Waals surface area contributed by atoms with E-state index in [-0.39, 0.29) is 17.4 Å². The zero-order valence-electron chi connectivity index (χ0n) is 1.58. The average molecular weight is 345 g/mol. The van der Waals surface area contributed by atoms with Gasteiger partial charge in [0.2, 0.25) is 0 Å². The van der Waals surface area contributed by atoms with E-state index in [4.69, 9.17) is 25.5 Å². The molecule has 0 N–H and O–H groups in total. The molecule has 0 heterocycles. The van der Waals surface area contributed by atoms with E-state index in [1.807, 2.05) is 0 Å². The topological polar surface area (TPSA) is 0 Å². The Morgan fingerprint density at radius 1 is 1.00 bits per heavy atom. The molecule has 32 valence electrons. The molecule has 0 radical (unpaired) electrons. The van der Waals surface area contributed by atoms with Gasteiger partial charge in [-0.05, 0) is 0 Å². The summed E-state index contributed by atoms with van der Waals surface area (Å²) in [5.41, 5.74) is 0. The van der Waals surface area contributed by atoms with Crippen molar-refractivity contribution in [3.8, 4) is 0 Å². The Balaban J connectivity index is 0. The van der Waals surface area contributed by atoms with Crippen LogP contribution in [-0.2, 0) is 0 Å². The maximum atomic E-state index is 5.01. The molecule has 0 rings (SSSR count). The molecule has 5 heteroatoms. The van der Waals surface area contributed by atoms with Gasteiger partial charge < -0.3 is 0 Å². The molecule has 0 aromatic rings. The average Bonchev–Trinajstić information content (AvgIpc) is 0.811. The second kappa shape index (κ2) is 6.29. The molecule has 0 aliphatic rings. The summed E-state index contributed by atoms with van der Waals surface area (Å²) in [4.78, 5) is 0. The van der Waals surface area contributed by atoms with Crippen LogP contribution in [0.15, 0.2) is 0 Å². The van der Waals surface area contributed by atoms with Crippen molar-refractivity contribution in [1.82, 2.24) is 0 Å². The van der Waals surface area contributed by atoms with Crippen LogP contribution in [0, 0.1) is 0 Å². The van der Waals surface area contributed by atoms with Crippen molar-refractivity contribution < 1.29 is 0 Å². The van der Waals surface area contributed by atoms with Crippen molar-refractivity contribution in [3.05, 3.63) is 0 Å². The van der Waals surface area contributed by atoms with Crippen LogP contribution < -0.4 is 0 Å². The molecule has 0 amide bonds. The van der Waals surface area contributed by atoms with Crippen LogP contribution in [0.1, 0.15) is 0 Å². The Labute approximate surface area is 60.2 Å². The Kier molecular flexibility index (Phi) is 13.0. The fraction of sp³-hybridized carbons (Fsp3) is 0. The third-order valence-electron chi connectivity index (χ3n) is 0. The first-order chi connectivity index (χ1) is 1.73. The molecular formula is H3AlBiCl3. The fourth-order valence-corrected chi connectivity index (χ4v) is 0. The monoisotopic (exact) mass is 344 g/mol.